The Morgan fingerprint density at radius 1 is 0.914 bits per heavy atom. The van der Waals surface area contributed by atoms with Crippen molar-refractivity contribution in [3.63, 3.8) is 0 Å². The summed E-state index contributed by atoms with van der Waals surface area (Å²) in [6.45, 7) is 4.17. The summed E-state index contributed by atoms with van der Waals surface area (Å²) in [6.07, 6.45) is 2.71. The maximum atomic E-state index is 12.3. The van der Waals surface area contributed by atoms with Gasteiger partial charge in [-0.05, 0) is 49.7 Å². The summed E-state index contributed by atoms with van der Waals surface area (Å²) in [7, 11) is -3.41. The minimum atomic E-state index is -3.41. The Morgan fingerprint density at radius 3 is 2.43 bits per heavy atom. The zero-order valence-corrected chi connectivity index (χ0v) is 20.7. The average molecular weight is 489 g/mol. The van der Waals surface area contributed by atoms with E-state index in [1.807, 2.05) is 86.6 Å². The van der Waals surface area contributed by atoms with Gasteiger partial charge >= 0.3 is 0 Å². The molecule has 0 spiro atoms. The van der Waals surface area contributed by atoms with Gasteiger partial charge in [0, 0.05) is 23.4 Å². The second-order valence-corrected chi connectivity index (χ2v) is 10.3. The third kappa shape index (κ3) is 6.36. The van der Waals surface area contributed by atoms with Crippen LogP contribution in [0.15, 0.2) is 91.3 Å². The summed E-state index contributed by atoms with van der Waals surface area (Å²) in [5, 5.41) is 3.26. The Labute approximate surface area is 206 Å². The first-order chi connectivity index (χ1) is 16.8. The lowest BCUT2D eigenvalue weighted by molar-refractivity contribution is 0.306. The van der Waals surface area contributed by atoms with E-state index in [1.165, 1.54) is 16.9 Å². The molecule has 35 heavy (non-hydrogen) atoms. The number of nitrogens with zero attached hydrogens (tertiary/aromatic N) is 3. The Bertz CT molecular complexity index is 1390. The minimum absolute atomic E-state index is 0.206. The largest absolute Gasteiger partial charge is 0.489 e. The van der Waals surface area contributed by atoms with Crippen LogP contribution in [0.4, 0.5) is 17.2 Å². The number of ether oxygens (including phenoxy) is 1. The van der Waals surface area contributed by atoms with Crippen LogP contribution >= 0.6 is 0 Å². The van der Waals surface area contributed by atoms with Crippen molar-refractivity contribution in [3.05, 3.63) is 96.8 Å². The first-order valence-electron chi connectivity index (χ1n) is 11.3. The zero-order valence-electron chi connectivity index (χ0n) is 19.9. The summed E-state index contributed by atoms with van der Waals surface area (Å²) in [5.41, 5.74) is 4.05. The summed E-state index contributed by atoms with van der Waals surface area (Å²) in [6, 6.07) is 26.7. The number of benzene rings is 3. The molecule has 1 N–H and O–H groups in total. The van der Waals surface area contributed by atoms with Crippen LogP contribution in [-0.2, 0) is 16.6 Å². The average Bonchev–Trinajstić information content (AvgIpc) is 2.83. The number of hydrogen-bond acceptors (Lipinski definition) is 6. The van der Waals surface area contributed by atoms with Crippen molar-refractivity contribution in [2.24, 2.45) is 0 Å². The van der Waals surface area contributed by atoms with Crippen LogP contribution in [0, 0.1) is 0 Å². The molecule has 0 aliphatic heterocycles. The molecule has 7 nitrogen and oxygen atoms in total. The molecular weight excluding hydrogens is 460 g/mol. The third-order valence-corrected chi connectivity index (χ3v) is 6.59. The fourth-order valence-corrected chi connectivity index (χ4v) is 5.07. The maximum Gasteiger partial charge on any atom is 0.232 e. The van der Waals surface area contributed by atoms with Crippen LogP contribution in [-0.4, -0.2) is 30.7 Å². The number of rotatable bonds is 9. The van der Waals surface area contributed by atoms with Crippen LogP contribution in [0.3, 0.4) is 0 Å². The van der Waals surface area contributed by atoms with Crippen molar-refractivity contribution in [1.82, 2.24) is 9.97 Å². The van der Waals surface area contributed by atoms with Gasteiger partial charge in [-0.1, -0.05) is 48.5 Å². The number of nitrogens with one attached hydrogen (secondary N) is 1. The monoisotopic (exact) mass is 488 g/mol. The first-order valence-corrected chi connectivity index (χ1v) is 13.1. The topological polar surface area (TPSA) is 84.4 Å². The van der Waals surface area contributed by atoms with Gasteiger partial charge in [-0.15, -0.1) is 0 Å². The van der Waals surface area contributed by atoms with Gasteiger partial charge in [-0.3, -0.25) is 4.31 Å². The fourth-order valence-electron chi connectivity index (χ4n) is 3.81. The van der Waals surface area contributed by atoms with E-state index in [0.717, 1.165) is 28.3 Å². The van der Waals surface area contributed by atoms with E-state index < -0.39 is 10.0 Å². The lowest BCUT2D eigenvalue weighted by Crippen LogP contribution is -2.36. The molecule has 0 unspecified atom stereocenters. The highest BCUT2D eigenvalue weighted by Gasteiger charge is 2.20. The molecule has 1 heterocycles. The molecule has 8 heteroatoms. The van der Waals surface area contributed by atoms with Gasteiger partial charge in [0.25, 0.3) is 0 Å². The molecule has 3 aromatic carbocycles. The van der Waals surface area contributed by atoms with Gasteiger partial charge in [0.15, 0.2) is 0 Å². The number of hydrogen-bond donors (Lipinski definition) is 1. The zero-order chi connectivity index (χ0) is 24.8. The number of aromatic nitrogens is 2. The molecule has 1 aromatic heterocycles. The normalized spacial score (nSPS) is 11.3. The lowest BCUT2D eigenvalue weighted by atomic mass is 10.1. The molecule has 0 bridgehead atoms. The van der Waals surface area contributed by atoms with Crippen LogP contribution in [0.25, 0.3) is 11.3 Å². The molecular formula is C27H28N4O3S. The summed E-state index contributed by atoms with van der Waals surface area (Å²) < 4.78 is 31.9. The van der Waals surface area contributed by atoms with Crippen molar-refractivity contribution < 1.29 is 13.2 Å². The Hall–Kier alpha value is -3.91. The Kier molecular flexibility index (Phi) is 7.31. The molecule has 0 radical (unpaired) electrons. The first kappa shape index (κ1) is 24.2. The highest BCUT2D eigenvalue weighted by molar-refractivity contribution is 7.92. The van der Waals surface area contributed by atoms with Gasteiger partial charge in [-0.25, -0.2) is 18.4 Å². The Morgan fingerprint density at radius 2 is 1.69 bits per heavy atom. The number of sulfonamides is 1. The highest BCUT2D eigenvalue weighted by Crippen LogP contribution is 2.28. The predicted molar refractivity (Wildman–Crippen MR) is 140 cm³/mol. The highest BCUT2D eigenvalue weighted by atomic mass is 32.2. The van der Waals surface area contributed by atoms with Crippen LogP contribution in [0.5, 0.6) is 5.75 Å². The second-order valence-electron chi connectivity index (χ2n) is 8.42. The molecule has 0 amide bonds. The quantitative estimate of drug-likeness (QED) is 0.328. The summed E-state index contributed by atoms with van der Waals surface area (Å²) >= 11 is 0. The fraction of sp³-hybridized carbons (Fsp3) is 0.185. The van der Waals surface area contributed by atoms with Crippen LogP contribution in [0.2, 0.25) is 0 Å². The van der Waals surface area contributed by atoms with Crippen molar-refractivity contribution >= 4 is 27.2 Å². The molecule has 0 aliphatic rings. The Balaban J connectivity index is 1.52. The van der Waals surface area contributed by atoms with Gasteiger partial charge in [-0.2, -0.15) is 0 Å². The molecule has 0 fully saturated rings. The van der Waals surface area contributed by atoms with Crippen molar-refractivity contribution in [2.45, 2.75) is 26.5 Å². The van der Waals surface area contributed by atoms with Crippen molar-refractivity contribution in [1.29, 1.82) is 0 Å². The van der Waals surface area contributed by atoms with E-state index >= 15 is 0 Å². The van der Waals surface area contributed by atoms with E-state index in [0.29, 0.717) is 18.1 Å². The lowest BCUT2D eigenvalue weighted by Gasteiger charge is -2.26. The smallest absolute Gasteiger partial charge is 0.232 e. The molecule has 0 saturated carbocycles. The van der Waals surface area contributed by atoms with Crippen LogP contribution < -0.4 is 14.4 Å². The summed E-state index contributed by atoms with van der Waals surface area (Å²) in [4.78, 5) is 8.75. The van der Waals surface area contributed by atoms with E-state index in [9.17, 15) is 8.42 Å². The number of anilines is 3. The SMILES string of the molecule is CC(C)N(c1cccc(Nc2cc(-c3cccc(OCc4ccccc4)c3)ncn2)c1)S(C)(=O)=O. The van der Waals surface area contributed by atoms with Gasteiger partial charge < -0.3 is 10.1 Å². The second kappa shape index (κ2) is 10.6. The van der Waals surface area contributed by atoms with E-state index in [1.54, 1.807) is 12.1 Å². The molecule has 0 atom stereocenters. The van der Waals surface area contributed by atoms with Gasteiger partial charge in [0.1, 0.15) is 24.5 Å². The van der Waals surface area contributed by atoms with E-state index in [-0.39, 0.29) is 6.04 Å². The van der Waals surface area contributed by atoms with Gasteiger partial charge in [0.2, 0.25) is 10.0 Å². The predicted octanol–water partition coefficient (Wildman–Crippen LogP) is 5.64. The van der Waals surface area contributed by atoms with E-state index in [4.69, 9.17) is 4.74 Å². The molecule has 4 rings (SSSR count). The van der Waals surface area contributed by atoms with Crippen molar-refractivity contribution in [3.8, 4) is 17.0 Å². The molecule has 4 aromatic rings. The van der Waals surface area contributed by atoms with E-state index in [2.05, 4.69) is 15.3 Å². The standard InChI is InChI=1S/C27H28N4O3S/c1-20(2)31(35(3,32)33)24-13-8-12-23(16-24)30-27-17-26(28-19-29-27)22-11-7-14-25(15-22)34-18-21-9-5-4-6-10-21/h4-17,19-20H,18H2,1-3H3,(H,28,29,30). The molecule has 0 saturated heterocycles. The summed E-state index contributed by atoms with van der Waals surface area (Å²) in [5.74, 6) is 1.35. The molecule has 180 valence electrons. The van der Waals surface area contributed by atoms with Crippen LogP contribution in [0.1, 0.15) is 19.4 Å². The molecule has 0 aliphatic carbocycles. The van der Waals surface area contributed by atoms with Gasteiger partial charge in [0.05, 0.1) is 17.6 Å². The third-order valence-electron chi connectivity index (χ3n) is 5.24. The minimum Gasteiger partial charge on any atom is -0.489 e. The van der Waals surface area contributed by atoms with Crippen molar-refractivity contribution in [2.75, 3.05) is 15.9 Å². The maximum absolute atomic E-state index is 12.3.